The molecule has 9 heteroatoms. The van der Waals surface area contributed by atoms with E-state index in [1.165, 1.54) is 10.6 Å². The van der Waals surface area contributed by atoms with Crippen LogP contribution in [-0.2, 0) is 13.2 Å². The Labute approximate surface area is 187 Å². The summed E-state index contributed by atoms with van der Waals surface area (Å²) in [5.74, 6) is 0.775. The third-order valence-electron chi connectivity index (χ3n) is 4.52. The van der Waals surface area contributed by atoms with Crippen molar-refractivity contribution in [3.05, 3.63) is 104 Å². The first kappa shape index (κ1) is 21.1. The SMILES string of the molecule is [C-]#[N+]c1ccc(CNC(=O)c2sc(-n3ccc(OCc4ccccc4)cc3=O)nc2C)o1. The molecule has 8 nitrogen and oxygen atoms in total. The first-order chi connectivity index (χ1) is 15.5. The number of carbonyl (C=O) groups excluding carboxylic acids is 1. The summed E-state index contributed by atoms with van der Waals surface area (Å²) in [6.45, 7) is 9.13. The number of nitrogens with one attached hydrogen (secondary N) is 1. The van der Waals surface area contributed by atoms with Gasteiger partial charge in [0.15, 0.2) is 5.13 Å². The van der Waals surface area contributed by atoms with Crippen LogP contribution in [0, 0.1) is 13.5 Å². The summed E-state index contributed by atoms with van der Waals surface area (Å²) in [7, 11) is 0. The highest BCUT2D eigenvalue weighted by atomic mass is 32.1. The van der Waals surface area contributed by atoms with Gasteiger partial charge in [0.05, 0.1) is 18.8 Å². The average molecular weight is 446 g/mol. The number of thiazole rings is 1. The van der Waals surface area contributed by atoms with Gasteiger partial charge >= 0.3 is 5.88 Å². The van der Waals surface area contributed by atoms with Crippen molar-refractivity contribution in [3.63, 3.8) is 0 Å². The number of rotatable bonds is 7. The van der Waals surface area contributed by atoms with E-state index in [1.54, 1.807) is 31.3 Å². The van der Waals surface area contributed by atoms with Crippen molar-refractivity contribution in [1.29, 1.82) is 0 Å². The maximum atomic E-state index is 12.6. The minimum atomic E-state index is -0.331. The third-order valence-corrected chi connectivity index (χ3v) is 5.67. The molecule has 0 saturated carbocycles. The van der Waals surface area contributed by atoms with Gasteiger partial charge in [-0.3, -0.25) is 14.2 Å². The molecule has 0 aliphatic carbocycles. The Morgan fingerprint density at radius 1 is 1.25 bits per heavy atom. The van der Waals surface area contributed by atoms with Crippen LogP contribution in [-0.4, -0.2) is 15.5 Å². The van der Waals surface area contributed by atoms with Crippen molar-refractivity contribution < 1.29 is 13.9 Å². The predicted octanol–water partition coefficient (Wildman–Crippen LogP) is 4.26. The quantitative estimate of drug-likeness (QED) is 0.429. The van der Waals surface area contributed by atoms with E-state index in [0.29, 0.717) is 33.8 Å². The fraction of sp³-hybridized carbons (Fsp3) is 0.130. The van der Waals surface area contributed by atoms with E-state index in [0.717, 1.165) is 16.9 Å². The number of amides is 1. The lowest BCUT2D eigenvalue weighted by Crippen LogP contribution is -2.22. The molecule has 0 aliphatic rings. The first-order valence-electron chi connectivity index (χ1n) is 9.65. The largest absolute Gasteiger partial charge is 0.489 e. The van der Waals surface area contributed by atoms with Crippen molar-refractivity contribution in [2.75, 3.05) is 0 Å². The van der Waals surface area contributed by atoms with Crippen molar-refractivity contribution in [2.45, 2.75) is 20.1 Å². The van der Waals surface area contributed by atoms with Crippen molar-refractivity contribution >= 4 is 23.1 Å². The lowest BCUT2D eigenvalue weighted by Gasteiger charge is -2.07. The summed E-state index contributed by atoms with van der Waals surface area (Å²) in [5, 5.41) is 3.13. The zero-order chi connectivity index (χ0) is 22.5. The highest BCUT2D eigenvalue weighted by molar-refractivity contribution is 7.16. The van der Waals surface area contributed by atoms with Crippen LogP contribution in [0.3, 0.4) is 0 Å². The van der Waals surface area contributed by atoms with E-state index < -0.39 is 0 Å². The summed E-state index contributed by atoms with van der Waals surface area (Å²) in [6, 6.07) is 15.9. The van der Waals surface area contributed by atoms with Crippen LogP contribution in [0.4, 0.5) is 5.88 Å². The lowest BCUT2D eigenvalue weighted by atomic mass is 10.2. The second kappa shape index (κ2) is 9.32. The molecule has 32 heavy (non-hydrogen) atoms. The molecular formula is C23H18N4O4S. The molecule has 1 N–H and O–H groups in total. The number of hydrogen-bond acceptors (Lipinski definition) is 6. The van der Waals surface area contributed by atoms with Crippen LogP contribution in [0.15, 0.2) is 70.0 Å². The standard InChI is InChI=1S/C23H18N4O4S/c1-15-21(22(29)25-13-18-8-9-19(24-2)31-18)32-23(26-15)27-11-10-17(12-20(27)28)30-14-16-6-4-3-5-7-16/h3-12H,13-14H2,1H3,(H,25,29). The summed E-state index contributed by atoms with van der Waals surface area (Å²) >= 11 is 1.12. The third kappa shape index (κ3) is 4.77. The highest BCUT2D eigenvalue weighted by Gasteiger charge is 2.17. The maximum Gasteiger partial charge on any atom is 0.345 e. The van der Waals surface area contributed by atoms with Gasteiger partial charge in [-0.25, -0.2) is 4.98 Å². The average Bonchev–Trinajstić information content (AvgIpc) is 3.43. The fourth-order valence-electron chi connectivity index (χ4n) is 2.91. The molecule has 0 aliphatic heterocycles. The molecule has 4 rings (SSSR count). The van der Waals surface area contributed by atoms with Crippen LogP contribution < -0.4 is 15.6 Å². The van der Waals surface area contributed by atoms with E-state index in [4.69, 9.17) is 15.7 Å². The molecule has 3 aromatic heterocycles. The fourth-order valence-corrected chi connectivity index (χ4v) is 3.89. The van der Waals surface area contributed by atoms with Crippen LogP contribution >= 0.6 is 11.3 Å². The number of carbonyl (C=O) groups is 1. The van der Waals surface area contributed by atoms with Crippen LogP contribution in [0.5, 0.6) is 5.75 Å². The van der Waals surface area contributed by atoms with Gasteiger partial charge in [-0.15, -0.1) is 0 Å². The van der Waals surface area contributed by atoms with Crippen molar-refractivity contribution in [2.24, 2.45) is 0 Å². The molecule has 1 amide bonds. The van der Waals surface area contributed by atoms with Crippen molar-refractivity contribution in [3.8, 4) is 10.9 Å². The zero-order valence-electron chi connectivity index (χ0n) is 17.1. The van der Waals surface area contributed by atoms with Gasteiger partial charge in [-0.2, -0.15) is 4.85 Å². The minimum Gasteiger partial charge on any atom is -0.489 e. The molecule has 1 aromatic carbocycles. The van der Waals surface area contributed by atoms with Crippen molar-refractivity contribution in [1.82, 2.24) is 14.9 Å². The molecule has 0 bridgehead atoms. The summed E-state index contributed by atoms with van der Waals surface area (Å²) in [5.41, 5.74) is 1.21. The molecule has 0 atom stereocenters. The lowest BCUT2D eigenvalue weighted by molar-refractivity contribution is 0.0951. The Kier molecular flexibility index (Phi) is 6.14. The van der Waals surface area contributed by atoms with Gasteiger partial charge < -0.3 is 14.5 Å². The monoisotopic (exact) mass is 446 g/mol. The van der Waals surface area contributed by atoms with Gasteiger partial charge in [0.25, 0.3) is 11.5 Å². The molecule has 0 radical (unpaired) electrons. The second-order valence-corrected chi connectivity index (χ2v) is 7.77. The number of aryl methyl sites for hydroxylation is 1. The predicted molar refractivity (Wildman–Crippen MR) is 119 cm³/mol. The van der Waals surface area contributed by atoms with Crippen LogP contribution in [0.25, 0.3) is 9.98 Å². The Balaban J connectivity index is 1.45. The summed E-state index contributed by atoms with van der Waals surface area (Å²) < 4.78 is 12.3. The van der Waals surface area contributed by atoms with Gasteiger partial charge in [0, 0.05) is 12.3 Å². The van der Waals surface area contributed by atoms with E-state index in [-0.39, 0.29) is 23.9 Å². The summed E-state index contributed by atoms with van der Waals surface area (Å²) in [4.78, 5) is 33.1. The van der Waals surface area contributed by atoms with E-state index in [2.05, 4.69) is 15.1 Å². The Bertz CT molecular complexity index is 1350. The molecular weight excluding hydrogens is 428 g/mol. The molecule has 0 unspecified atom stereocenters. The molecule has 160 valence electrons. The van der Waals surface area contributed by atoms with E-state index >= 15 is 0 Å². The first-order valence-corrected chi connectivity index (χ1v) is 10.5. The number of aromatic nitrogens is 2. The van der Waals surface area contributed by atoms with E-state index in [9.17, 15) is 9.59 Å². The number of furan rings is 1. The Morgan fingerprint density at radius 3 is 2.78 bits per heavy atom. The topological polar surface area (TPSA) is 90.7 Å². The highest BCUT2D eigenvalue weighted by Crippen LogP contribution is 2.22. The number of hydrogen-bond donors (Lipinski definition) is 1. The number of ether oxygens (including phenoxy) is 1. The normalized spacial score (nSPS) is 10.5. The minimum absolute atomic E-state index is 0.147. The van der Waals surface area contributed by atoms with Gasteiger partial charge in [-0.1, -0.05) is 41.7 Å². The molecule has 3 heterocycles. The Morgan fingerprint density at radius 2 is 2.06 bits per heavy atom. The van der Waals surface area contributed by atoms with Gasteiger partial charge in [0.2, 0.25) is 0 Å². The zero-order valence-corrected chi connectivity index (χ0v) is 17.9. The molecule has 4 aromatic rings. The second-order valence-electron chi connectivity index (χ2n) is 6.79. The molecule has 0 spiro atoms. The van der Waals surface area contributed by atoms with Crippen LogP contribution in [0.2, 0.25) is 0 Å². The number of nitrogens with zero attached hydrogens (tertiary/aromatic N) is 3. The van der Waals surface area contributed by atoms with Gasteiger partial charge in [0.1, 0.15) is 23.0 Å². The Hall–Kier alpha value is -4.16. The maximum absolute atomic E-state index is 12.6. The molecule has 0 fully saturated rings. The number of pyridine rings is 1. The molecule has 0 saturated heterocycles. The number of benzene rings is 1. The summed E-state index contributed by atoms with van der Waals surface area (Å²) in [6.07, 6.45) is 1.58. The van der Waals surface area contributed by atoms with Gasteiger partial charge in [-0.05, 0) is 30.7 Å². The smallest absolute Gasteiger partial charge is 0.345 e. The van der Waals surface area contributed by atoms with Crippen LogP contribution in [0.1, 0.15) is 26.7 Å². The van der Waals surface area contributed by atoms with E-state index in [1.807, 2.05) is 30.3 Å².